The molecule has 2 heterocycles. The average molecular weight is 496 g/mol. The van der Waals surface area contributed by atoms with E-state index < -0.39 is 16.2 Å². The second-order valence-corrected chi connectivity index (χ2v) is 11.9. The Morgan fingerprint density at radius 3 is 2.60 bits per heavy atom. The van der Waals surface area contributed by atoms with E-state index in [-0.39, 0.29) is 11.2 Å². The number of aromatic nitrogens is 3. The summed E-state index contributed by atoms with van der Waals surface area (Å²) in [5.74, 6) is 2.41. The first-order valence-electron chi connectivity index (χ1n) is 12.1. The Labute approximate surface area is 208 Å². The molecule has 3 aromatic rings. The summed E-state index contributed by atoms with van der Waals surface area (Å²) < 4.78 is 26.8. The highest BCUT2D eigenvalue weighted by molar-refractivity contribution is 7.84. The molecular weight excluding hydrogens is 462 g/mol. The maximum Gasteiger partial charge on any atom is 0.200 e. The summed E-state index contributed by atoms with van der Waals surface area (Å²) in [6, 6.07) is 5.71. The third kappa shape index (κ3) is 3.51. The van der Waals surface area contributed by atoms with Gasteiger partial charge in [0.1, 0.15) is 17.3 Å². The number of fused-ring (bicyclic) bond motifs is 3. The van der Waals surface area contributed by atoms with Crippen molar-refractivity contribution in [2.24, 2.45) is 16.7 Å². The zero-order chi connectivity index (χ0) is 25.1. The zero-order valence-electron chi connectivity index (χ0n) is 21.3. The van der Waals surface area contributed by atoms with Crippen molar-refractivity contribution in [3.05, 3.63) is 41.2 Å². The molecule has 186 valence electrons. The Morgan fingerprint density at radius 2 is 1.97 bits per heavy atom. The first-order valence-corrected chi connectivity index (χ1v) is 13.4. The molecule has 2 aliphatic rings. The molecule has 2 aromatic heterocycles. The molecule has 8 heteroatoms. The first kappa shape index (κ1) is 24.0. The lowest BCUT2D eigenvalue weighted by Crippen LogP contribution is -2.40. The van der Waals surface area contributed by atoms with Crippen LogP contribution < -0.4 is 9.47 Å². The van der Waals surface area contributed by atoms with E-state index in [0.29, 0.717) is 41.1 Å². The highest BCUT2D eigenvalue weighted by Gasteiger charge is 2.64. The van der Waals surface area contributed by atoms with Gasteiger partial charge < -0.3 is 14.0 Å². The van der Waals surface area contributed by atoms with E-state index in [0.717, 1.165) is 40.9 Å². The predicted molar refractivity (Wildman–Crippen MR) is 135 cm³/mol. The van der Waals surface area contributed by atoms with Gasteiger partial charge in [0, 0.05) is 36.4 Å². The van der Waals surface area contributed by atoms with Gasteiger partial charge >= 0.3 is 0 Å². The summed E-state index contributed by atoms with van der Waals surface area (Å²) >= 11 is 0. The van der Waals surface area contributed by atoms with Crippen LogP contribution in [0.15, 0.2) is 29.6 Å². The minimum Gasteiger partial charge on any atom is -0.497 e. The molecule has 0 N–H and O–H groups in total. The molecule has 3 atom stereocenters. The van der Waals surface area contributed by atoms with Crippen LogP contribution in [0.2, 0.25) is 0 Å². The van der Waals surface area contributed by atoms with Gasteiger partial charge in [-0.25, -0.2) is 4.98 Å². The van der Waals surface area contributed by atoms with Crippen LogP contribution in [0.25, 0.3) is 11.0 Å². The predicted octanol–water partition coefficient (Wildman–Crippen LogP) is 4.77. The molecule has 0 aliphatic heterocycles. The van der Waals surface area contributed by atoms with Crippen molar-refractivity contribution in [3.63, 3.8) is 0 Å². The Kier molecular flexibility index (Phi) is 5.78. The van der Waals surface area contributed by atoms with Gasteiger partial charge in [-0.05, 0) is 50.2 Å². The van der Waals surface area contributed by atoms with E-state index in [1.807, 2.05) is 36.6 Å². The number of Topliss-reactive ketones (excluding diaryl/α,β-unsaturated/α-hetero) is 1. The monoisotopic (exact) mass is 495 g/mol. The van der Waals surface area contributed by atoms with E-state index >= 15 is 0 Å². The number of methoxy groups -OCH3 is 2. The van der Waals surface area contributed by atoms with Crippen molar-refractivity contribution in [1.29, 1.82) is 0 Å². The van der Waals surface area contributed by atoms with Gasteiger partial charge in [-0.1, -0.05) is 13.8 Å². The second kappa shape index (κ2) is 8.43. The second-order valence-electron chi connectivity index (χ2n) is 10.5. The van der Waals surface area contributed by atoms with Crippen molar-refractivity contribution < 1.29 is 18.5 Å². The standard InChI is InChI=1S/C27H33N3O4S/c1-16-13-28-21(17(2)24(16)34-6)14-35(32)25-29-20-12-19(33-5)7-8-22(20)30(25)15-27-10-9-18(11-23(27)31)26(27,3)4/h7-8,12-13,18H,9-11,14-15H2,1-6H3/t18?,27?,35-/m0/s1. The number of benzene rings is 1. The van der Waals surface area contributed by atoms with Crippen molar-refractivity contribution in [2.45, 2.75) is 64.4 Å². The lowest BCUT2D eigenvalue weighted by Gasteiger charge is -2.37. The summed E-state index contributed by atoms with van der Waals surface area (Å²) in [6.07, 6.45) is 4.31. The SMILES string of the molecule is COc1ccc2c(c1)nc([S@@](=O)Cc1ncc(C)c(OC)c1C)n2CC12CCC(CC1=O)C2(C)C. The number of hydrogen-bond donors (Lipinski definition) is 0. The summed E-state index contributed by atoms with van der Waals surface area (Å²) in [4.78, 5) is 22.7. The molecule has 1 aromatic carbocycles. The van der Waals surface area contributed by atoms with Crippen LogP contribution in [0.3, 0.4) is 0 Å². The first-order chi connectivity index (χ1) is 16.6. The summed E-state index contributed by atoms with van der Waals surface area (Å²) in [6.45, 7) is 8.82. The summed E-state index contributed by atoms with van der Waals surface area (Å²) in [5, 5.41) is 0.474. The number of aryl methyl sites for hydroxylation is 1. The van der Waals surface area contributed by atoms with Crippen molar-refractivity contribution in [3.8, 4) is 11.5 Å². The molecule has 2 aliphatic carbocycles. The molecule has 0 saturated heterocycles. The Bertz CT molecular complexity index is 1360. The molecule has 5 rings (SSSR count). The maximum atomic E-state index is 13.8. The molecule has 0 radical (unpaired) electrons. The number of pyridine rings is 1. The number of hydrogen-bond acceptors (Lipinski definition) is 6. The van der Waals surface area contributed by atoms with E-state index in [1.54, 1.807) is 20.4 Å². The van der Waals surface area contributed by atoms with Crippen LogP contribution in [0, 0.1) is 30.6 Å². The van der Waals surface area contributed by atoms with Crippen molar-refractivity contribution >= 4 is 27.6 Å². The molecular formula is C27H33N3O4S. The van der Waals surface area contributed by atoms with Crippen LogP contribution in [-0.4, -0.2) is 38.7 Å². The smallest absolute Gasteiger partial charge is 0.200 e. The lowest BCUT2D eigenvalue weighted by molar-refractivity contribution is -0.130. The average Bonchev–Trinajstić information content (AvgIpc) is 3.37. The number of ketones is 1. The third-order valence-electron chi connectivity index (χ3n) is 8.71. The minimum absolute atomic E-state index is 0.103. The van der Waals surface area contributed by atoms with Gasteiger partial charge in [-0.2, -0.15) is 0 Å². The van der Waals surface area contributed by atoms with Crippen LogP contribution >= 0.6 is 0 Å². The van der Waals surface area contributed by atoms with Crippen molar-refractivity contribution in [1.82, 2.24) is 14.5 Å². The molecule has 35 heavy (non-hydrogen) atoms. The Hall–Kier alpha value is -2.74. The van der Waals surface area contributed by atoms with Gasteiger partial charge in [0.15, 0.2) is 0 Å². The summed E-state index contributed by atoms with van der Waals surface area (Å²) in [7, 11) is 1.78. The fourth-order valence-electron chi connectivity index (χ4n) is 6.36. The lowest BCUT2D eigenvalue weighted by atomic mass is 9.69. The fourth-order valence-corrected chi connectivity index (χ4v) is 7.63. The number of carbonyl (C=O) groups is 1. The van der Waals surface area contributed by atoms with E-state index in [2.05, 4.69) is 18.8 Å². The Morgan fingerprint density at radius 1 is 1.20 bits per heavy atom. The molecule has 0 spiro atoms. The number of ether oxygens (including phenoxy) is 2. The topological polar surface area (TPSA) is 83.3 Å². The molecule has 2 saturated carbocycles. The largest absolute Gasteiger partial charge is 0.497 e. The molecule has 0 amide bonds. The maximum absolute atomic E-state index is 13.8. The minimum atomic E-state index is -1.48. The summed E-state index contributed by atoms with van der Waals surface area (Å²) in [5.41, 5.74) is 3.56. The van der Waals surface area contributed by atoms with Crippen LogP contribution in [0.1, 0.15) is 49.9 Å². The van der Waals surface area contributed by atoms with Crippen LogP contribution in [0.4, 0.5) is 0 Å². The van der Waals surface area contributed by atoms with E-state index in [9.17, 15) is 9.00 Å². The zero-order valence-corrected chi connectivity index (χ0v) is 22.1. The Balaban J connectivity index is 1.60. The highest BCUT2D eigenvalue weighted by atomic mass is 32.2. The van der Waals surface area contributed by atoms with Crippen LogP contribution in [0.5, 0.6) is 11.5 Å². The highest BCUT2D eigenvalue weighted by Crippen LogP contribution is 2.64. The molecule has 2 fully saturated rings. The molecule has 2 bridgehead atoms. The van der Waals surface area contributed by atoms with Gasteiger partial charge in [0.05, 0.1) is 52.9 Å². The fraction of sp³-hybridized carbons (Fsp3) is 0.519. The third-order valence-corrected chi connectivity index (χ3v) is 9.96. The van der Waals surface area contributed by atoms with Gasteiger partial charge in [0.2, 0.25) is 5.16 Å². The van der Waals surface area contributed by atoms with Crippen molar-refractivity contribution in [2.75, 3.05) is 14.2 Å². The molecule has 2 unspecified atom stereocenters. The number of carbonyl (C=O) groups excluding carboxylic acids is 1. The number of nitrogens with zero attached hydrogens (tertiary/aromatic N) is 3. The number of rotatable bonds is 7. The molecule has 7 nitrogen and oxygen atoms in total. The quantitative estimate of drug-likeness (QED) is 0.470. The van der Waals surface area contributed by atoms with Gasteiger partial charge in [-0.15, -0.1) is 0 Å². The van der Waals surface area contributed by atoms with E-state index in [1.165, 1.54) is 0 Å². The normalized spacial score (nSPS) is 23.7. The van der Waals surface area contributed by atoms with Gasteiger partial charge in [0.25, 0.3) is 0 Å². The van der Waals surface area contributed by atoms with E-state index in [4.69, 9.17) is 14.5 Å². The van der Waals surface area contributed by atoms with Crippen LogP contribution in [-0.2, 0) is 27.9 Å². The number of imidazole rings is 1. The van der Waals surface area contributed by atoms with Gasteiger partial charge in [-0.3, -0.25) is 14.0 Å².